The van der Waals surface area contributed by atoms with Gasteiger partial charge in [-0.15, -0.1) is 0 Å². The molecule has 10 heteroatoms. The minimum Gasteiger partial charge on any atom is -0.475 e. The van der Waals surface area contributed by atoms with E-state index in [4.69, 9.17) is 9.90 Å². The Labute approximate surface area is 187 Å². The number of alkyl halides is 3. The van der Waals surface area contributed by atoms with Gasteiger partial charge >= 0.3 is 12.1 Å². The fourth-order valence-electron chi connectivity index (χ4n) is 3.56. The van der Waals surface area contributed by atoms with Crippen molar-refractivity contribution in [3.63, 3.8) is 0 Å². The smallest absolute Gasteiger partial charge is 0.475 e. The van der Waals surface area contributed by atoms with Crippen LogP contribution in [0, 0.1) is 5.92 Å². The van der Waals surface area contributed by atoms with Crippen LogP contribution in [0.5, 0.6) is 0 Å². The van der Waals surface area contributed by atoms with Crippen molar-refractivity contribution in [3.05, 3.63) is 59.8 Å². The lowest BCUT2D eigenvalue weighted by molar-refractivity contribution is -0.192. The van der Waals surface area contributed by atoms with Gasteiger partial charge in [0.15, 0.2) is 0 Å². The second kappa shape index (κ2) is 9.22. The molecule has 5 rings (SSSR count). The van der Waals surface area contributed by atoms with Crippen LogP contribution < -0.4 is 10.6 Å². The van der Waals surface area contributed by atoms with Gasteiger partial charge in [0, 0.05) is 28.6 Å². The Morgan fingerprint density at radius 2 is 1.91 bits per heavy atom. The summed E-state index contributed by atoms with van der Waals surface area (Å²) < 4.78 is 31.7. The molecule has 0 radical (unpaired) electrons. The third-order valence-electron chi connectivity index (χ3n) is 5.67. The number of benzene rings is 2. The van der Waals surface area contributed by atoms with Crippen molar-refractivity contribution in [3.8, 4) is 0 Å². The highest BCUT2D eigenvalue weighted by atomic mass is 19.4. The van der Waals surface area contributed by atoms with E-state index in [1.54, 1.807) is 6.20 Å². The maximum absolute atomic E-state index is 12.6. The average molecular weight is 460 g/mol. The molecule has 2 aliphatic carbocycles. The number of carboxylic acids is 1. The van der Waals surface area contributed by atoms with Crippen LogP contribution in [0.3, 0.4) is 0 Å². The van der Waals surface area contributed by atoms with Gasteiger partial charge in [-0.3, -0.25) is 9.89 Å². The maximum Gasteiger partial charge on any atom is 0.490 e. The van der Waals surface area contributed by atoms with E-state index in [1.165, 1.54) is 24.8 Å². The number of H-pyrrole nitrogens is 1. The van der Waals surface area contributed by atoms with E-state index >= 15 is 0 Å². The van der Waals surface area contributed by atoms with E-state index in [0.717, 1.165) is 29.1 Å². The molecule has 0 unspecified atom stereocenters. The van der Waals surface area contributed by atoms with E-state index in [1.807, 2.05) is 36.4 Å². The van der Waals surface area contributed by atoms with Crippen LogP contribution >= 0.6 is 0 Å². The van der Waals surface area contributed by atoms with Gasteiger partial charge in [0.1, 0.15) is 0 Å². The number of hydrogen-bond donors (Lipinski definition) is 4. The molecule has 2 aromatic carbocycles. The maximum atomic E-state index is 12.6. The Morgan fingerprint density at radius 3 is 2.61 bits per heavy atom. The number of carbonyl (C=O) groups excluding carboxylic acids is 1. The number of halogens is 3. The fraction of sp³-hybridized carbons (Fsp3) is 0.348. The second-order valence-corrected chi connectivity index (χ2v) is 8.35. The summed E-state index contributed by atoms with van der Waals surface area (Å²) in [5, 5.41) is 21.7. The molecule has 1 aromatic heterocycles. The molecule has 0 saturated heterocycles. The predicted octanol–water partition coefficient (Wildman–Crippen LogP) is 4.30. The topological polar surface area (TPSA) is 107 Å². The SMILES string of the molecule is O=C(Nc1ccc2[nH]ncc2c1)c1cccc([C@@H]2C[C@H]2NCC2CC2)c1.O=C(O)C(F)(F)F. The Morgan fingerprint density at radius 1 is 1.15 bits per heavy atom. The quantitative estimate of drug-likeness (QED) is 0.439. The van der Waals surface area contributed by atoms with Crippen LogP contribution in [0.15, 0.2) is 48.7 Å². The largest absolute Gasteiger partial charge is 0.490 e. The molecule has 2 aliphatic rings. The van der Waals surface area contributed by atoms with E-state index < -0.39 is 12.1 Å². The first kappa shape index (κ1) is 22.8. The molecule has 2 atom stereocenters. The van der Waals surface area contributed by atoms with Crippen molar-refractivity contribution in [2.75, 3.05) is 11.9 Å². The number of fused-ring (bicyclic) bond motifs is 1. The van der Waals surface area contributed by atoms with Gasteiger partial charge in [0.05, 0.1) is 11.7 Å². The van der Waals surface area contributed by atoms with Crippen molar-refractivity contribution >= 4 is 28.5 Å². The number of nitrogens with one attached hydrogen (secondary N) is 3. The zero-order chi connectivity index (χ0) is 23.6. The Kier molecular flexibility index (Phi) is 6.37. The summed E-state index contributed by atoms with van der Waals surface area (Å²) in [6, 6.07) is 14.4. The van der Waals surface area contributed by atoms with Gasteiger partial charge in [0.2, 0.25) is 0 Å². The van der Waals surface area contributed by atoms with Gasteiger partial charge in [0.25, 0.3) is 5.91 Å². The summed E-state index contributed by atoms with van der Waals surface area (Å²) in [5.41, 5.74) is 3.71. The summed E-state index contributed by atoms with van der Waals surface area (Å²) in [4.78, 5) is 21.5. The highest BCUT2D eigenvalue weighted by Gasteiger charge is 2.39. The molecule has 2 saturated carbocycles. The Hall–Kier alpha value is -3.40. The van der Waals surface area contributed by atoms with Gasteiger partial charge in [-0.25, -0.2) is 4.79 Å². The molecule has 7 nitrogen and oxygen atoms in total. The molecular weight excluding hydrogens is 437 g/mol. The lowest BCUT2D eigenvalue weighted by Gasteiger charge is -2.08. The molecule has 0 bridgehead atoms. The van der Waals surface area contributed by atoms with E-state index in [0.29, 0.717) is 17.5 Å². The molecule has 1 heterocycles. The lowest BCUT2D eigenvalue weighted by atomic mass is 10.1. The first-order chi connectivity index (χ1) is 15.7. The molecule has 174 valence electrons. The third-order valence-corrected chi connectivity index (χ3v) is 5.67. The Balaban J connectivity index is 0.000000325. The first-order valence-electron chi connectivity index (χ1n) is 10.6. The molecule has 0 aliphatic heterocycles. The van der Waals surface area contributed by atoms with Crippen molar-refractivity contribution in [2.24, 2.45) is 5.92 Å². The Bertz CT molecular complexity index is 1160. The zero-order valence-electron chi connectivity index (χ0n) is 17.5. The zero-order valence-corrected chi connectivity index (χ0v) is 17.5. The van der Waals surface area contributed by atoms with Crippen LogP contribution in [-0.2, 0) is 4.79 Å². The van der Waals surface area contributed by atoms with Crippen LogP contribution in [0.25, 0.3) is 10.9 Å². The van der Waals surface area contributed by atoms with Crippen molar-refractivity contribution in [1.29, 1.82) is 0 Å². The summed E-state index contributed by atoms with van der Waals surface area (Å²) in [5.74, 6) is -1.38. The number of aromatic amines is 1. The number of rotatable bonds is 6. The number of aromatic nitrogens is 2. The molecule has 0 spiro atoms. The number of carbonyl (C=O) groups is 2. The summed E-state index contributed by atoms with van der Waals surface area (Å²) in [6.07, 6.45) is 0.609. The molecule has 2 fully saturated rings. The van der Waals surface area contributed by atoms with Crippen LogP contribution in [0.4, 0.5) is 18.9 Å². The van der Waals surface area contributed by atoms with Crippen LogP contribution in [0.2, 0.25) is 0 Å². The minimum absolute atomic E-state index is 0.0714. The number of nitrogens with zero attached hydrogens (tertiary/aromatic N) is 1. The van der Waals surface area contributed by atoms with E-state index in [9.17, 15) is 18.0 Å². The molecule has 33 heavy (non-hydrogen) atoms. The van der Waals surface area contributed by atoms with Gasteiger partial charge in [-0.05, 0) is 67.6 Å². The third kappa shape index (κ3) is 6.10. The van der Waals surface area contributed by atoms with E-state index in [-0.39, 0.29) is 5.91 Å². The standard InChI is InChI=1S/C21H22N4O.C2HF3O2/c26-21(24-17-6-7-19-16(9-17)12-23-25-19)15-3-1-2-14(8-15)18-10-20(18)22-11-13-4-5-13;3-2(4,5)1(6)7/h1-3,6-9,12-13,18,20,22H,4-5,10-11H2,(H,23,25)(H,24,26);(H,6,7)/t18-,20+;/m0./s1. The van der Waals surface area contributed by atoms with Gasteiger partial charge < -0.3 is 15.7 Å². The van der Waals surface area contributed by atoms with Crippen LogP contribution in [0.1, 0.15) is 41.1 Å². The molecular formula is C23H23F3N4O3. The van der Waals surface area contributed by atoms with Crippen molar-refractivity contribution in [2.45, 2.75) is 37.4 Å². The summed E-state index contributed by atoms with van der Waals surface area (Å²) >= 11 is 0. The molecule has 4 N–H and O–H groups in total. The van der Waals surface area contributed by atoms with E-state index in [2.05, 4.69) is 26.9 Å². The predicted molar refractivity (Wildman–Crippen MR) is 116 cm³/mol. The number of carboxylic acid groups (broad SMARTS) is 1. The fourth-order valence-corrected chi connectivity index (χ4v) is 3.56. The normalized spacial score (nSPS) is 19.5. The lowest BCUT2D eigenvalue weighted by Crippen LogP contribution is -2.21. The van der Waals surface area contributed by atoms with Gasteiger partial charge in [-0.1, -0.05) is 12.1 Å². The number of aliphatic carboxylic acids is 1. The highest BCUT2D eigenvalue weighted by molar-refractivity contribution is 6.05. The monoisotopic (exact) mass is 460 g/mol. The minimum atomic E-state index is -5.08. The number of anilines is 1. The second-order valence-electron chi connectivity index (χ2n) is 8.35. The first-order valence-corrected chi connectivity index (χ1v) is 10.6. The molecule has 1 amide bonds. The van der Waals surface area contributed by atoms with Crippen molar-refractivity contribution < 1.29 is 27.9 Å². The number of amides is 1. The summed E-state index contributed by atoms with van der Waals surface area (Å²) in [6.45, 7) is 1.15. The molecule has 3 aromatic rings. The number of hydrogen-bond acceptors (Lipinski definition) is 4. The highest BCUT2D eigenvalue weighted by Crippen LogP contribution is 2.41. The average Bonchev–Trinajstić information content (AvgIpc) is 3.69. The van der Waals surface area contributed by atoms with Crippen molar-refractivity contribution in [1.82, 2.24) is 15.5 Å². The van der Waals surface area contributed by atoms with Gasteiger partial charge in [-0.2, -0.15) is 18.3 Å². The van der Waals surface area contributed by atoms with Crippen LogP contribution in [-0.4, -0.2) is 45.9 Å². The summed E-state index contributed by atoms with van der Waals surface area (Å²) in [7, 11) is 0.